The lowest BCUT2D eigenvalue weighted by molar-refractivity contribution is 0.0694. The number of aromatic carboxylic acids is 1. The average Bonchev–Trinajstić information content (AvgIpc) is 2.40. The first-order valence-electron chi connectivity index (χ1n) is 5.92. The smallest absolute Gasteiger partial charge is 0.339 e. The van der Waals surface area contributed by atoms with E-state index in [-0.39, 0.29) is 16.2 Å². The lowest BCUT2D eigenvalue weighted by atomic mass is 10.1. The molecule has 2 aromatic carbocycles. The van der Waals surface area contributed by atoms with Crippen LogP contribution in [0.4, 0.5) is 0 Å². The minimum atomic E-state index is -3.77. The van der Waals surface area contributed by atoms with Crippen LogP contribution in [0.2, 0.25) is 0 Å². The second-order valence-electron chi connectivity index (χ2n) is 4.42. The number of ether oxygens (including phenoxy) is 1. The number of sulfonamides is 1. The van der Waals surface area contributed by atoms with Crippen LogP contribution in [0.15, 0.2) is 47.4 Å². The van der Waals surface area contributed by atoms with Gasteiger partial charge in [-0.3, -0.25) is 0 Å². The molecule has 0 heterocycles. The Morgan fingerprint density at radius 1 is 1.14 bits per heavy atom. The molecule has 0 radical (unpaired) electrons. The van der Waals surface area contributed by atoms with E-state index in [1.807, 2.05) is 0 Å². The first-order valence-corrected chi connectivity index (χ1v) is 7.46. The van der Waals surface area contributed by atoms with Crippen LogP contribution in [0.1, 0.15) is 15.9 Å². The summed E-state index contributed by atoms with van der Waals surface area (Å²) in [6.45, 7) is 1.77. The van der Waals surface area contributed by atoms with E-state index in [0.717, 1.165) is 5.56 Å². The van der Waals surface area contributed by atoms with Crippen molar-refractivity contribution in [2.45, 2.75) is 11.8 Å². The first kappa shape index (κ1) is 15.0. The Kier molecular flexibility index (Phi) is 3.97. The van der Waals surface area contributed by atoms with Gasteiger partial charge in [-0.15, -0.1) is 0 Å². The van der Waals surface area contributed by atoms with E-state index in [0.29, 0.717) is 5.75 Å². The monoisotopic (exact) mass is 307 g/mol. The van der Waals surface area contributed by atoms with Crippen LogP contribution in [-0.4, -0.2) is 19.5 Å². The number of nitrogens with two attached hydrogens (primary N) is 1. The Morgan fingerprint density at radius 3 is 2.29 bits per heavy atom. The topological polar surface area (TPSA) is 107 Å². The molecule has 21 heavy (non-hydrogen) atoms. The van der Waals surface area contributed by atoms with Gasteiger partial charge in [0.15, 0.2) is 0 Å². The zero-order valence-electron chi connectivity index (χ0n) is 11.1. The summed E-state index contributed by atoms with van der Waals surface area (Å²) in [4.78, 5) is 11.1. The van der Waals surface area contributed by atoms with Gasteiger partial charge >= 0.3 is 5.97 Å². The number of benzene rings is 2. The van der Waals surface area contributed by atoms with E-state index >= 15 is 0 Å². The molecular formula is C14H13NO5S. The van der Waals surface area contributed by atoms with Crippen molar-refractivity contribution in [1.82, 2.24) is 0 Å². The molecule has 3 N–H and O–H groups in total. The summed E-state index contributed by atoms with van der Waals surface area (Å²) >= 11 is 0. The predicted octanol–water partition coefficient (Wildman–Crippen LogP) is 2.13. The van der Waals surface area contributed by atoms with Gasteiger partial charge < -0.3 is 9.84 Å². The molecule has 0 bridgehead atoms. The molecule has 0 aliphatic heterocycles. The van der Waals surface area contributed by atoms with Crippen molar-refractivity contribution in [2.75, 3.05) is 0 Å². The van der Waals surface area contributed by atoms with E-state index in [2.05, 4.69) is 0 Å². The SMILES string of the molecule is Cc1ccc(Oc2ccc(S(N)(=O)=O)cc2)c(C(=O)O)c1. The van der Waals surface area contributed by atoms with Crippen molar-refractivity contribution >= 4 is 16.0 Å². The molecular weight excluding hydrogens is 294 g/mol. The molecule has 0 aliphatic carbocycles. The number of hydrogen-bond donors (Lipinski definition) is 2. The van der Waals surface area contributed by atoms with E-state index in [1.165, 1.54) is 30.3 Å². The number of primary sulfonamides is 1. The lowest BCUT2D eigenvalue weighted by Gasteiger charge is -2.09. The van der Waals surface area contributed by atoms with Gasteiger partial charge in [-0.25, -0.2) is 18.4 Å². The standard InChI is InChI=1S/C14H13NO5S/c1-9-2-7-13(12(8-9)14(16)17)20-10-3-5-11(6-4-10)21(15,18)19/h2-8H,1H3,(H,16,17)(H2,15,18,19). The molecule has 0 unspecified atom stereocenters. The Morgan fingerprint density at radius 2 is 1.76 bits per heavy atom. The molecule has 7 heteroatoms. The highest BCUT2D eigenvalue weighted by molar-refractivity contribution is 7.89. The quantitative estimate of drug-likeness (QED) is 0.899. The number of carboxylic acids is 1. The van der Waals surface area contributed by atoms with Crippen molar-refractivity contribution in [1.29, 1.82) is 0 Å². The number of carboxylic acid groups (broad SMARTS) is 1. The normalized spacial score (nSPS) is 11.1. The zero-order valence-corrected chi connectivity index (χ0v) is 11.9. The number of rotatable bonds is 4. The molecule has 6 nitrogen and oxygen atoms in total. The van der Waals surface area contributed by atoms with Gasteiger partial charge in [0.05, 0.1) is 4.90 Å². The highest BCUT2D eigenvalue weighted by Gasteiger charge is 2.13. The van der Waals surface area contributed by atoms with Crippen molar-refractivity contribution < 1.29 is 23.1 Å². The molecule has 0 amide bonds. The number of carbonyl (C=O) groups is 1. The van der Waals surface area contributed by atoms with Gasteiger partial charge in [0.2, 0.25) is 10.0 Å². The maximum absolute atomic E-state index is 11.2. The minimum absolute atomic E-state index is 0.0329. The van der Waals surface area contributed by atoms with Crippen LogP contribution < -0.4 is 9.88 Å². The maximum Gasteiger partial charge on any atom is 0.339 e. The second kappa shape index (κ2) is 5.55. The highest BCUT2D eigenvalue weighted by Crippen LogP contribution is 2.27. The summed E-state index contributed by atoms with van der Waals surface area (Å²) in [5.74, 6) is -0.611. The fourth-order valence-electron chi connectivity index (χ4n) is 1.72. The highest BCUT2D eigenvalue weighted by atomic mass is 32.2. The first-order chi connectivity index (χ1) is 9.77. The fourth-order valence-corrected chi connectivity index (χ4v) is 2.24. The summed E-state index contributed by atoms with van der Waals surface area (Å²) in [5, 5.41) is 14.1. The summed E-state index contributed by atoms with van der Waals surface area (Å²) in [6, 6.07) is 10.2. The van der Waals surface area contributed by atoms with E-state index in [4.69, 9.17) is 15.0 Å². The maximum atomic E-state index is 11.2. The second-order valence-corrected chi connectivity index (χ2v) is 5.98. The summed E-state index contributed by atoms with van der Waals surface area (Å²) in [6.07, 6.45) is 0. The van der Waals surface area contributed by atoms with E-state index in [1.54, 1.807) is 19.1 Å². The van der Waals surface area contributed by atoms with E-state index < -0.39 is 16.0 Å². The molecule has 110 valence electrons. The van der Waals surface area contributed by atoms with Gasteiger partial charge in [0.25, 0.3) is 0 Å². The molecule has 0 aromatic heterocycles. The van der Waals surface area contributed by atoms with Gasteiger partial charge in [0, 0.05) is 0 Å². The lowest BCUT2D eigenvalue weighted by Crippen LogP contribution is -2.11. The molecule has 0 saturated carbocycles. The Bertz CT molecular complexity index is 782. The Hall–Kier alpha value is -2.38. The van der Waals surface area contributed by atoms with Crippen molar-refractivity contribution in [2.24, 2.45) is 5.14 Å². The third-order valence-corrected chi connectivity index (χ3v) is 3.67. The van der Waals surface area contributed by atoms with Crippen LogP contribution in [0.5, 0.6) is 11.5 Å². The third-order valence-electron chi connectivity index (χ3n) is 2.75. The number of aryl methyl sites for hydroxylation is 1. The minimum Gasteiger partial charge on any atom is -0.478 e. The summed E-state index contributed by atoms with van der Waals surface area (Å²) in [7, 11) is -3.77. The third kappa shape index (κ3) is 3.59. The molecule has 2 aromatic rings. The van der Waals surface area contributed by atoms with Crippen LogP contribution >= 0.6 is 0 Å². The van der Waals surface area contributed by atoms with E-state index in [9.17, 15) is 13.2 Å². The molecule has 0 atom stereocenters. The molecule has 0 spiro atoms. The largest absolute Gasteiger partial charge is 0.478 e. The molecule has 0 aliphatic rings. The van der Waals surface area contributed by atoms with Gasteiger partial charge in [0.1, 0.15) is 17.1 Å². The van der Waals surface area contributed by atoms with Gasteiger partial charge in [-0.05, 0) is 43.3 Å². The Balaban J connectivity index is 2.33. The van der Waals surface area contributed by atoms with Crippen LogP contribution in [0.3, 0.4) is 0 Å². The molecule has 2 rings (SSSR count). The summed E-state index contributed by atoms with van der Waals surface area (Å²) < 4.78 is 27.8. The predicted molar refractivity (Wildman–Crippen MR) is 76.0 cm³/mol. The molecule has 0 saturated heterocycles. The van der Waals surface area contributed by atoms with Crippen LogP contribution in [-0.2, 0) is 10.0 Å². The molecule has 0 fully saturated rings. The van der Waals surface area contributed by atoms with Gasteiger partial charge in [-0.1, -0.05) is 11.6 Å². The van der Waals surface area contributed by atoms with Crippen LogP contribution in [0.25, 0.3) is 0 Å². The van der Waals surface area contributed by atoms with Crippen molar-refractivity contribution in [3.05, 3.63) is 53.6 Å². The fraction of sp³-hybridized carbons (Fsp3) is 0.0714. The zero-order chi connectivity index (χ0) is 15.6. The summed E-state index contributed by atoms with van der Waals surface area (Å²) in [5.41, 5.74) is 0.829. The number of hydrogen-bond acceptors (Lipinski definition) is 4. The van der Waals surface area contributed by atoms with Crippen LogP contribution in [0, 0.1) is 6.92 Å². The Labute approximate surface area is 121 Å². The van der Waals surface area contributed by atoms with Crippen molar-refractivity contribution in [3.8, 4) is 11.5 Å². The average molecular weight is 307 g/mol. The van der Waals surface area contributed by atoms with Crippen molar-refractivity contribution in [3.63, 3.8) is 0 Å². The van der Waals surface area contributed by atoms with Gasteiger partial charge in [-0.2, -0.15) is 0 Å².